The summed E-state index contributed by atoms with van der Waals surface area (Å²) >= 11 is 2.65. The molecule has 1 amide bonds. The highest BCUT2D eigenvalue weighted by Crippen LogP contribution is 2.25. The van der Waals surface area contributed by atoms with Gasteiger partial charge in [0.15, 0.2) is 0 Å². The van der Waals surface area contributed by atoms with E-state index in [-0.39, 0.29) is 5.91 Å². The molecule has 0 atom stereocenters. The maximum atomic E-state index is 12.5. The molecule has 1 fully saturated rings. The molecule has 0 radical (unpaired) electrons. The number of hydrogen-bond donors (Lipinski definition) is 0. The lowest BCUT2D eigenvalue weighted by atomic mass is 10.3. The number of rotatable bonds is 3. The fraction of sp³-hybridized carbons (Fsp3) is 0.385. The van der Waals surface area contributed by atoms with Gasteiger partial charge in [0.2, 0.25) is 0 Å². The van der Waals surface area contributed by atoms with Crippen LogP contribution >= 0.6 is 22.7 Å². The lowest BCUT2D eigenvalue weighted by molar-refractivity contribution is 0.0693. The molecular formula is C13H15N3O3S3. The maximum absolute atomic E-state index is 12.5. The second kappa shape index (κ2) is 6.07. The van der Waals surface area contributed by atoms with Gasteiger partial charge in [0.1, 0.15) is 9.90 Å². The van der Waals surface area contributed by atoms with E-state index < -0.39 is 10.0 Å². The second-order valence-electron chi connectivity index (χ2n) is 4.94. The summed E-state index contributed by atoms with van der Waals surface area (Å²) in [5.74, 6) is -0.134. The Labute approximate surface area is 137 Å². The van der Waals surface area contributed by atoms with Crippen LogP contribution in [0.2, 0.25) is 0 Å². The number of hydrogen-bond acceptors (Lipinski definition) is 6. The van der Waals surface area contributed by atoms with Gasteiger partial charge in [0, 0.05) is 36.4 Å². The van der Waals surface area contributed by atoms with Gasteiger partial charge in [0.25, 0.3) is 15.9 Å². The zero-order valence-corrected chi connectivity index (χ0v) is 14.4. The Balaban J connectivity index is 1.68. The van der Waals surface area contributed by atoms with Crippen molar-refractivity contribution in [2.75, 3.05) is 26.2 Å². The number of nitrogens with zero attached hydrogens (tertiary/aromatic N) is 3. The molecule has 22 heavy (non-hydrogen) atoms. The maximum Gasteiger partial charge on any atom is 0.273 e. The zero-order valence-electron chi connectivity index (χ0n) is 11.9. The van der Waals surface area contributed by atoms with Gasteiger partial charge in [0.05, 0.1) is 5.51 Å². The fourth-order valence-electron chi connectivity index (χ4n) is 2.29. The van der Waals surface area contributed by atoms with Gasteiger partial charge in [-0.05, 0) is 19.1 Å². The number of sulfonamides is 1. The van der Waals surface area contributed by atoms with Crippen LogP contribution in [0.4, 0.5) is 0 Å². The van der Waals surface area contributed by atoms with E-state index >= 15 is 0 Å². The summed E-state index contributed by atoms with van der Waals surface area (Å²) in [6.45, 7) is 3.29. The number of amides is 1. The topological polar surface area (TPSA) is 70.6 Å². The molecule has 0 aromatic carbocycles. The summed E-state index contributed by atoms with van der Waals surface area (Å²) in [5.41, 5.74) is 2.04. The molecule has 1 saturated heterocycles. The Kier molecular flexibility index (Phi) is 4.31. The standard InChI is InChI=1S/C13H15N3O3S3/c1-10-2-3-12(21-10)22(18,19)16-6-4-15(5-7-16)13(17)11-8-20-9-14-11/h2-3,8-9H,4-7H2,1H3. The van der Waals surface area contributed by atoms with Crippen LogP contribution in [0, 0.1) is 6.92 Å². The van der Waals surface area contributed by atoms with Crippen LogP contribution in [-0.4, -0.2) is 54.7 Å². The van der Waals surface area contributed by atoms with Crippen LogP contribution in [-0.2, 0) is 10.0 Å². The number of carbonyl (C=O) groups is 1. The van der Waals surface area contributed by atoms with E-state index in [0.29, 0.717) is 36.1 Å². The van der Waals surface area contributed by atoms with Crippen LogP contribution in [0.5, 0.6) is 0 Å². The summed E-state index contributed by atoms with van der Waals surface area (Å²) < 4.78 is 26.9. The van der Waals surface area contributed by atoms with Crippen molar-refractivity contribution in [3.8, 4) is 0 Å². The third kappa shape index (κ3) is 2.94. The van der Waals surface area contributed by atoms with E-state index in [0.717, 1.165) is 4.88 Å². The van der Waals surface area contributed by atoms with Crippen molar-refractivity contribution in [3.63, 3.8) is 0 Å². The largest absolute Gasteiger partial charge is 0.335 e. The van der Waals surface area contributed by atoms with Crippen LogP contribution in [0.3, 0.4) is 0 Å². The molecule has 0 bridgehead atoms. The lowest BCUT2D eigenvalue weighted by Crippen LogP contribution is -2.50. The van der Waals surface area contributed by atoms with Crippen molar-refractivity contribution >= 4 is 38.6 Å². The number of thiazole rings is 1. The zero-order chi connectivity index (χ0) is 15.7. The van der Waals surface area contributed by atoms with Gasteiger partial charge >= 0.3 is 0 Å². The Morgan fingerprint density at radius 3 is 2.50 bits per heavy atom. The van der Waals surface area contributed by atoms with Crippen LogP contribution in [0.15, 0.2) is 27.2 Å². The van der Waals surface area contributed by atoms with Gasteiger partial charge < -0.3 is 4.90 Å². The van der Waals surface area contributed by atoms with Crippen LogP contribution < -0.4 is 0 Å². The molecule has 9 heteroatoms. The third-order valence-corrected chi connectivity index (χ3v) is 7.44. The van der Waals surface area contributed by atoms with E-state index in [1.807, 2.05) is 6.92 Å². The van der Waals surface area contributed by atoms with E-state index in [2.05, 4.69) is 4.98 Å². The average Bonchev–Trinajstić information content (AvgIpc) is 3.18. The SMILES string of the molecule is Cc1ccc(S(=O)(=O)N2CCN(C(=O)c3cscn3)CC2)s1. The Bertz CT molecular complexity index is 760. The first kappa shape index (κ1) is 15.6. The Hall–Kier alpha value is -1.29. The molecule has 0 spiro atoms. The van der Waals surface area contributed by atoms with E-state index in [1.54, 1.807) is 27.9 Å². The van der Waals surface area contributed by atoms with Crippen molar-refractivity contribution < 1.29 is 13.2 Å². The fourth-order valence-corrected chi connectivity index (χ4v) is 5.68. The highest BCUT2D eigenvalue weighted by Gasteiger charge is 2.31. The van der Waals surface area contributed by atoms with Crippen molar-refractivity contribution in [1.82, 2.24) is 14.2 Å². The minimum absolute atomic E-state index is 0.134. The highest BCUT2D eigenvalue weighted by molar-refractivity contribution is 7.91. The van der Waals surface area contributed by atoms with Crippen molar-refractivity contribution in [2.45, 2.75) is 11.1 Å². The number of thiophene rings is 1. The first-order valence-corrected chi connectivity index (χ1v) is 9.92. The number of carbonyl (C=O) groups excluding carboxylic acids is 1. The second-order valence-corrected chi connectivity index (χ2v) is 9.11. The number of aromatic nitrogens is 1. The predicted octanol–water partition coefficient (Wildman–Crippen LogP) is 1.66. The number of piperazine rings is 1. The molecule has 0 saturated carbocycles. The molecule has 0 unspecified atom stereocenters. The molecule has 6 nitrogen and oxygen atoms in total. The smallest absolute Gasteiger partial charge is 0.273 e. The lowest BCUT2D eigenvalue weighted by Gasteiger charge is -2.33. The minimum atomic E-state index is -3.44. The number of aryl methyl sites for hydroxylation is 1. The summed E-state index contributed by atoms with van der Waals surface area (Å²) in [6, 6.07) is 3.45. The van der Waals surface area contributed by atoms with Gasteiger partial charge in [-0.15, -0.1) is 22.7 Å². The monoisotopic (exact) mass is 357 g/mol. The van der Waals surface area contributed by atoms with Crippen molar-refractivity contribution in [1.29, 1.82) is 0 Å². The van der Waals surface area contributed by atoms with Crippen LogP contribution in [0.1, 0.15) is 15.4 Å². The molecule has 3 heterocycles. The summed E-state index contributed by atoms with van der Waals surface area (Å²) in [7, 11) is -3.44. The predicted molar refractivity (Wildman–Crippen MR) is 85.8 cm³/mol. The third-order valence-electron chi connectivity index (χ3n) is 3.49. The summed E-state index contributed by atoms with van der Waals surface area (Å²) in [5, 5.41) is 1.71. The van der Waals surface area contributed by atoms with Gasteiger partial charge in [-0.2, -0.15) is 4.31 Å². The summed E-state index contributed by atoms with van der Waals surface area (Å²) in [6.07, 6.45) is 0. The summed E-state index contributed by atoms with van der Waals surface area (Å²) in [4.78, 5) is 18.8. The average molecular weight is 357 g/mol. The first-order chi connectivity index (χ1) is 10.5. The van der Waals surface area contributed by atoms with Crippen LogP contribution in [0.25, 0.3) is 0 Å². The van der Waals surface area contributed by atoms with E-state index in [4.69, 9.17) is 0 Å². The van der Waals surface area contributed by atoms with Gasteiger partial charge in [-0.3, -0.25) is 4.79 Å². The minimum Gasteiger partial charge on any atom is -0.335 e. The molecule has 1 aliphatic rings. The molecule has 0 aliphatic carbocycles. The highest BCUT2D eigenvalue weighted by atomic mass is 32.2. The molecule has 2 aromatic heterocycles. The molecule has 0 N–H and O–H groups in total. The van der Waals surface area contributed by atoms with Gasteiger partial charge in [-0.25, -0.2) is 13.4 Å². The molecule has 3 rings (SSSR count). The quantitative estimate of drug-likeness (QED) is 0.838. The van der Waals surface area contributed by atoms with Crippen molar-refractivity contribution in [3.05, 3.63) is 33.6 Å². The molecule has 1 aliphatic heterocycles. The van der Waals surface area contributed by atoms with E-state index in [1.165, 1.54) is 27.0 Å². The van der Waals surface area contributed by atoms with Crippen molar-refractivity contribution in [2.24, 2.45) is 0 Å². The Morgan fingerprint density at radius 2 is 1.95 bits per heavy atom. The molecular weight excluding hydrogens is 342 g/mol. The first-order valence-electron chi connectivity index (χ1n) is 6.72. The van der Waals surface area contributed by atoms with E-state index in [9.17, 15) is 13.2 Å². The van der Waals surface area contributed by atoms with Gasteiger partial charge in [-0.1, -0.05) is 0 Å². The Morgan fingerprint density at radius 1 is 1.23 bits per heavy atom. The molecule has 118 valence electrons. The normalized spacial score (nSPS) is 16.9. The molecule has 2 aromatic rings.